The van der Waals surface area contributed by atoms with Crippen molar-refractivity contribution in [3.05, 3.63) is 29.3 Å². The minimum Gasteiger partial charge on any atom is -0.479 e. The lowest BCUT2D eigenvalue weighted by Crippen LogP contribution is -2.24. The number of carbonyl (C=O) groups is 1. The van der Waals surface area contributed by atoms with Crippen LogP contribution in [0, 0.1) is 0 Å². The van der Waals surface area contributed by atoms with Crippen molar-refractivity contribution in [2.45, 2.75) is 31.9 Å². The van der Waals surface area contributed by atoms with E-state index in [1.165, 1.54) is 18.2 Å². The van der Waals surface area contributed by atoms with Gasteiger partial charge in [-0.25, -0.2) is 4.79 Å². The second kappa shape index (κ2) is 5.40. The Balaban J connectivity index is 2.11. The van der Waals surface area contributed by atoms with Crippen molar-refractivity contribution in [1.29, 1.82) is 0 Å². The summed E-state index contributed by atoms with van der Waals surface area (Å²) < 4.78 is 10.2. The summed E-state index contributed by atoms with van der Waals surface area (Å²) in [6, 6.07) is 6.44. The molecule has 2 unspecified atom stereocenters. The van der Waals surface area contributed by atoms with Gasteiger partial charge in [-0.2, -0.15) is 0 Å². The van der Waals surface area contributed by atoms with Crippen LogP contribution in [-0.2, 0) is 16.0 Å². The highest BCUT2D eigenvalue weighted by molar-refractivity contribution is 5.74. The van der Waals surface area contributed by atoms with Crippen molar-refractivity contribution in [1.82, 2.24) is 5.32 Å². The van der Waals surface area contributed by atoms with E-state index in [4.69, 9.17) is 4.74 Å². The van der Waals surface area contributed by atoms with Gasteiger partial charge in [0.25, 0.3) is 0 Å². The highest BCUT2D eigenvalue weighted by atomic mass is 16.6. The molecule has 0 fully saturated rings. The molecule has 0 heterocycles. The fourth-order valence-electron chi connectivity index (χ4n) is 2.39. The van der Waals surface area contributed by atoms with E-state index >= 15 is 0 Å². The van der Waals surface area contributed by atoms with E-state index in [0.717, 1.165) is 18.6 Å². The Morgan fingerprint density at radius 1 is 1.50 bits per heavy atom. The van der Waals surface area contributed by atoms with Gasteiger partial charge in [0.15, 0.2) is 6.10 Å². The zero-order valence-electron chi connectivity index (χ0n) is 11.0. The first-order chi connectivity index (χ1) is 8.65. The van der Waals surface area contributed by atoms with Crippen molar-refractivity contribution < 1.29 is 14.3 Å². The summed E-state index contributed by atoms with van der Waals surface area (Å²) in [5, 5.41) is 3.29. The van der Waals surface area contributed by atoms with Crippen molar-refractivity contribution in [3.63, 3.8) is 0 Å². The molecular weight excluding hydrogens is 230 g/mol. The SMILES string of the molecule is CNC1CCc2cc(OC(C)C(=O)OC)ccc21. The predicted octanol–water partition coefficient (Wildman–Crippen LogP) is 1.83. The maximum absolute atomic E-state index is 11.3. The van der Waals surface area contributed by atoms with Crippen LogP contribution in [0.5, 0.6) is 5.75 Å². The average molecular weight is 249 g/mol. The van der Waals surface area contributed by atoms with Gasteiger partial charge in [-0.15, -0.1) is 0 Å². The van der Waals surface area contributed by atoms with Crippen LogP contribution in [0.15, 0.2) is 18.2 Å². The summed E-state index contributed by atoms with van der Waals surface area (Å²) in [5.41, 5.74) is 2.62. The van der Waals surface area contributed by atoms with Crippen molar-refractivity contribution in [2.24, 2.45) is 0 Å². The van der Waals surface area contributed by atoms with Gasteiger partial charge in [0.1, 0.15) is 5.75 Å². The topological polar surface area (TPSA) is 47.6 Å². The Labute approximate surface area is 107 Å². The van der Waals surface area contributed by atoms with Crippen LogP contribution in [0.2, 0.25) is 0 Å². The van der Waals surface area contributed by atoms with E-state index in [1.807, 2.05) is 19.2 Å². The average Bonchev–Trinajstić information content (AvgIpc) is 2.79. The van der Waals surface area contributed by atoms with E-state index < -0.39 is 6.10 Å². The van der Waals surface area contributed by atoms with Gasteiger partial charge >= 0.3 is 5.97 Å². The van der Waals surface area contributed by atoms with Crippen LogP contribution in [0.1, 0.15) is 30.5 Å². The third-order valence-electron chi connectivity index (χ3n) is 3.39. The molecule has 1 aliphatic carbocycles. The molecule has 0 saturated heterocycles. The Morgan fingerprint density at radius 3 is 2.94 bits per heavy atom. The quantitative estimate of drug-likeness (QED) is 0.827. The third-order valence-corrected chi connectivity index (χ3v) is 3.39. The van der Waals surface area contributed by atoms with Gasteiger partial charge in [0.05, 0.1) is 7.11 Å². The van der Waals surface area contributed by atoms with Gasteiger partial charge in [-0.1, -0.05) is 6.07 Å². The van der Waals surface area contributed by atoms with Crippen molar-refractivity contribution in [2.75, 3.05) is 14.2 Å². The van der Waals surface area contributed by atoms with Crippen LogP contribution >= 0.6 is 0 Å². The van der Waals surface area contributed by atoms with Crippen LogP contribution in [0.3, 0.4) is 0 Å². The number of esters is 1. The smallest absolute Gasteiger partial charge is 0.346 e. The zero-order valence-corrected chi connectivity index (χ0v) is 11.0. The Kier molecular flexibility index (Phi) is 3.87. The second-order valence-corrected chi connectivity index (χ2v) is 4.52. The van der Waals surface area contributed by atoms with Crippen LogP contribution in [0.4, 0.5) is 0 Å². The molecule has 0 saturated carbocycles. The molecule has 0 aromatic heterocycles. The molecular formula is C14H19NO3. The monoisotopic (exact) mass is 249 g/mol. The summed E-state index contributed by atoms with van der Waals surface area (Å²) in [5.74, 6) is 0.368. The van der Waals surface area contributed by atoms with Crippen LogP contribution in [-0.4, -0.2) is 26.2 Å². The summed E-state index contributed by atoms with van der Waals surface area (Å²) in [7, 11) is 3.34. The number of fused-ring (bicyclic) bond motifs is 1. The predicted molar refractivity (Wildman–Crippen MR) is 68.7 cm³/mol. The molecule has 4 heteroatoms. The van der Waals surface area contributed by atoms with Crippen LogP contribution < -0.4 is 10.1 Å². The lowest BCUT2D eigenvalue weighted by atomic mass is 10.1. The fourth-order valence-corrected chi connectivity index (χ4v) is 2.39. The first-order valence-electron chi connectivity index (χ1n) is 6.20. The number of rotatable bonds is 4. The molecule has 2 atom stereocenters. The summed E-state index contributed by atoms with van der Waals surface area (Å²) >= 11 is 0. The molecule has 1 aliphatic rings. The Bertz CT molecular complexity index is 445. The second-order valence-electron chi connectivity index (χ2n) is 4.52. The first kappa shape index (κ1) is 12.9. The number of aryl methyl sites for hydroxylation is 1. The molecule has 0 amide bonds. The van der Waals surface area contributed by atoms with E-state index in [2.05, 4.69) is 16.1 Å². The standard InChI is InChI=1S/C14H19NO3/c1-9(14(16)17-3)18-11-5-6-12-10(8-11)4-7-13(12)15-2/h5-6,8-9,13,15H,4,7H2,1-3H3. The summed E-state index contributed by atoms with van der Waals surface area (Å²) in [6.07, 6.45) is 1.58. The van der Waals surface area contributed by atoms with Crippen LogP contribution in [0.25, 0.3) is 0 Å². The number of nitrogens with one attached hydrogen (secondary N) is 1. The molecule has 2 rings (SSSR count). The normalized spacial score (nSPS) is 19.2. The molecule has 18 heavy (non-hydrogen) atoms. The minimum atomic E-state index is -0.574. The fraction of sp³-hybridized carbons (Fsp3) is 0.500. The molecule has 1 aromatic carbocycles. The number of carbonyl (C=O) groups excluding carboxylic acids is 1. The number of benzene rings is 1. The Hall–Kier alpha value is -1.55. The largest absolute Gasteiger partial charge is 0.479 e. The van der Waals surface area contributed by atoms with Gasteiger partial charge in [0, 0.05) is 6.04 Å². The Morgan fingerprint density at radius 2 is 2.28 bits per heavy atom. The summed E-state index contributed by atoms with van der Waals surface area (Å²) in [6.45, 7) is 1.69. The van der Waals surface area contributed by atoms with Gasteiger partial charge in [0.2, 0.25) is 0 Å². The first-order valence-corrected chi connectivity index (χ1v) is 6.20. The zero-order chi connectivity index (χ0) is 13.1. The molecule has 0 bridgehead atoms. The number of hydrogen-bond acceptors (Lipinski definition) is 4. The van der Waals surface area contributed by atoms with E-state index in [9.17, 15) is 4.79 Å². The molecule has 0 radical (unpaired) electrons. The molecule has 0 spiro atoms. The number of hydrogen-bond donors (Lipinski definition) is 1. The molecule has 1 N–H and O–H groups in total. The highest BCUT2D eigenvalue weighted by Gasteiger charge is 2.22. The summed E-state index contributed by atoms with van der Waals surface area (Å²) in [4.78, 5) is 11.3. The van der Waals surface area contributed by atoms with Gasteiger partial charge in [-0.3, -0.25) is 0 Å². The van der Waals surface area contributed by atoms with Crippen molar-refractivity contribution >= 4 is 5.97 Å². The van der Waals surface area contributed by atoms with E-state index in [-0.39, 0.29) is 5.97 Å². The lowest BCUT2D eigenvalue weighted by Gasteiger charge is -2.14. The maximum atomic E-state index is 11.3. The lowest BCUT2D eigenvalue weighted by molar-refractivity contribution is -0.147. The molecule has 0 aliphatic heterocycles. The van der Waals surface area contributed by atoms with E-state index in [0.29, 0.717) is 6.04 Å². The molecule has 4 nitrogen and oxygen atoms in total. The van der Waals surface area contributed by atoms with E-state index in [1.54, 1.807) is 6.92 Å². The third kappa shape index (κ3) is 2.48. The molecule has 98 valence electrons. The number of methoxy groups -OCH3 is 1. The highest BCUT2D eigenvalue weighted by Crippen LogP contribution is 2.33. The van der Waals surface area contributed by atoms with Gasteiger partial charge < -0.3 is 14.8 Å². The molecule has 1 aromatic rings. The van der Waals surface area contributed by atoms with Crippen molar-refractivity contribution in [3.8, 4) is 5.75 Å². The maximum Gasteiger partial charge on any atom is 0.346 e. The minimum absolute atomic E-state index is 0.358. The van der Waals surface area contributed by atoms with Gasteiger partial charge in [-0.05, 0) is 50.1 Å². The number of ether oxygens (including phenoxy) is 2.